The normalized spacial score (nSPS) is 24.0. The summed E-state index contributed by atoms with van der Waals surface area (Å²) in [6.07, 6.45) is 27.3. The van der Waals surface area contributed by atoms with Crippen molar-refractivity contribution in [1.29, 1.82) is 0 Å². The van der Waals surface area contributed by atoms with Crippen molar-refractivity contribution in [3.63, 3.8) is 0 Å². The molecule has 8 bridgehead atoms. The molecule has 16 aromatic rings. The lowest BCUT2D eigenvalue weighted by molar-refractivity contribution is 0.0928. The molecule has 8 aromatic heterocycles. The fourth-order valence-electron chi connectivity index (χ4n) is 24.2. The van der Waals surface area contributed by atoms with Gasteiger partial charge in [-0.05, 0) is 232 Å². The molecule has 0 saturated heterocycles. The van der Waals surface area contributed by atoms with Crippen molar-refractivity contribution in [2.24, 2.45) is 71.0 Å². The zero-order valence-corrected chi connectivity index (χ0v) is 77.6. The molecule has 28 rings (SSSR count). The van der Waals surface area contributed by atoms with Gasteiger partial charge in [0.1, 0.15) is 69.8 Å². The maximum absolute atomic E-state index is 14.4. The van der Waals surface area contributed by atoms with Gasteiger partial charge in [0, 0.05) is 164 Å². The van der Waals surface area contributed by atoms with E-state index in [0.29, 0.717) is 139 Å². The lowest BCUT2D eigenvalue weighted by Crippen LogP contribution is -2.47. The molecule has 16 nitrogen and oxygen atoms in total. The minimum Gasteiger partial charge on any atom is -0.367 e. The molecule has 696 valence electrons. The fraction of sp³-hybridized carbons (Fsp3) is 0.357. The van der Waals surface area contributed by atoms with E-state index in [1.54, 1.807) is 24.8 Å². The summed E-state index contributed by atoms with van der Waals surface area (Å²) in [6, 6.07) is 51.2. The fourth-order valence-corrected chi connectivity index (χ4v) is 24.2. The minimum absolute atomic E-state index is 0.258. The van der Waals surface area contributed by atoms with Crippen molar-refractivity contribution in [2.45, 2.75) is 182 Å². The number of nitrogens with one attached hydrogen (secondary N) is 8. The number of aryl methyl sites for hydroxylation is 4. The first-order valence-electron chi connectivity index (χ1n) is 48.6. The van der Waals surface area contributed by atoms with Crippen LogP contribution in [0, 0.1) is 145 Å². The number of hydrogen-bond acceptors (Lipinski definition) is 12. The first-order chi connectivity index (χ1) is 65.8. The highest BCUT2D eigenvalue weighted by atomic mass is 19.2. The standard InChI is InChI=1S/4C28H28F2N4/c3*1-15-3-5-18(6-4-15)24-13-25(33-26-16(2)17-7-9-19(26)10-8-17)34-28(32-24)22-14-31-27-21(22)11-20(29)12-23(27)30;1-15-4-3-5-19(10-15)24-13-25(33-26-16(2)17-6-8-18(26)9-7-17)34-28(32-24)22-14-31-27-21(22)11-20(29)12-23(27)30/h3*3-6,11-14,16-17,19,26,31H,7-10H2,1-2H3,(H,32,33,34);3-5,10-14,16-18,26,31H,6-9H2,1-2H3,(H,32,33,34)/t2*16-,17?,19?,26+;;/m10../s1. The van der Waals surface area contributed by atoms with Crippen LogP contribution in [-0.2, 0) is 0 Å². The largest absolute Gasteiger partial charge is 0.367 e. The molecule has 0 spiro atoms. The molecule has 4 unspecified atom stereocenters. The average molecular weight is 1830 g/mol. The van der Waals surface area contributed by atoms with Crippen LogP contribution in [0.5, 0.6) is 0 Å². The van der Waals surface area contributed by atoms with E-state index in [1.165, 1.54) is 144 Å². The van der Waals surface area contributed by atoms with Gasteiger partial charge in [0.15, 0.2) is 23.3 Å². The Morgan fingerprint density at radius 3 is 0.699 bits per heavy atom. The van der Waals surface area contributed by atoms with E-state index >= 15 is 0 Å². The van der Waals surface area contributed by atoms with Gasteiger partial charge >= 0.3 is 0 Å². The zero-order valence-electron chi connectivity index (χ0n) is 77.6. The Labute approximate surface area is 785 Å². The summed E-state index contributed by atoms with van der Waals surface area (Å²) < 4.78 is 114. The van der Waals surface area contributed by atoms with E-state index in [1.807, 2.05) is 72.8 Å². The molecule has 8 aromatic carbocycles. The van der Waals surface area contributed by atoms with Gasteiger partial charge in [-0.25, -0.2) is 75.0 Å². The van der Waals surface area contributed by atoms with E-state index in [4.69, 9.17) is 39.9 Å². The third kappa shape index (κ3) is 18.0. The van der Waals surface area contributed by atoms with Gasteiger partial charge < -0.3 is 41.2 Å². The molecule has 0 aliphatic heterocycles. The summed E-state index contributed by atoms with van der Waals surface area (Å²) in [5.41, 5.74) is 15.1. The van der Waals surface area contributed by atoms with Crippen LogP contribution in [0.3, 0.4) is 0 Å². The number of anilines is 4. The second-order valence-electron chi connectivity index (χ2n) is 40.2. The second-order valence-corrected chi connectivity index (χ2v) is 40.2. The van der Waals surface area contributed by atoms with Gasteiger partial charge in [-0.1, -0.05) is 141 Å². The summed E-state index contributed by atoms with van der Waals surface area (Å²) >= 11 is 0. The molecule has 12 fully saturated rings. The Kier molecular flexibility index (Phi) is 24.4. The lowest BCUT2D eigenvalue weighted by atomic mass is 9.62. The Morgan fingerprint density at radius 2 is 0.471 bits per heavy atom. The highest BCUT2D eigenvalue weighted by Gasteiger charge is 2.46. The molecule has 136 heavy (non-hydrogen) atoms. The number of fused-ring (bicyclic) bond motifs is 16. The van der Waals surface area contributed by atoms with Crippen LogP contribution in [0.15, 0.2) is 195 Å². The number of nitrogens with zero attached hydrogens (tertiary/aromatic N) is 8. The van der Waals surface area contributed by atoms with Crippen molar-refractivity contribution in [2.75, 3.05) is 21.3 Å². The average Bonchev–Trinajstić information content (AvgIpc) is 1.67. The van der Waals surface area contributed by atoms with Gasteiger partial charge in [0.05, 0.1) is 44.8 Å². The van der Waals surface area contributed by atoms with Gasteiger partial charge in [0.25, 0.3) is 0 Å². The highest BCUT2D eigenvalue weighted by Crippen LogP contribution is 2.52. The third-order valence-corrected chi connectivity index (χ3v) is 31.8. The molecule has 12 aliphatic rings. The molecule has 8 atom stereocenters. The predicted molar refractivity (Wildman–Crippen MR) is 526 cm³/mol. The molecule has 12 aliphatic carbocycles. The van der Waals surface area contributed by atoms with Crippen LogP contribution >= 0.6 is 0 Å². The van der Waals surface area contributed by atoms with E-state index in [-0.39, 0.29) is 22.1 Å². The van der Waals surface area contributed by atoms with Gasteiger partial charge in [0.2, 0.25) is 0 Å². The summed E-state index contributed by atoms with van der Waals surface area (Å²) in [4.78, 5) is 50.5. The molecule has 8 heterocycles. The number of aromatic amines is 4. The Balaban J connectivity index is 0.000000108. The van der Waals surface area contributed by atoms with Crippen LogP contribution in [0.25, 0.3) is 134 Å². The van der Waals surface area contributed by atoms with Crippen LogP contribution in [0.4, 0.5) is 58.4 Å². The molecular formula is C112H112F8N16. The second kappa shape index (κ2) is 37.2. The highest BCUT2D eigenvalue weighted by molar-refractivity contribution is 5.98. The lowest BCUT2D eigenvalue weighted by Gasteiger charge is -2.47. The molecule has 8 N–H and O–H groups in total. The first-order valence-corrected chi connectivity index (χ1v) is 48.6. The molecule has 0 amide bonds. The van der Waals surface area contributed by atoms with Crippen molar-refractivity contribution in [1.82, 2.24) is 59.8 Å². The number of hydrogen-bond donors (Lipinski definition) is 8. The predicted octanol–water partition coefficient (Wildman–Crippen LogP) is 28.5. The smallest absolute Gasteiger partial charge is 0.164 e. The quantitative estimate of drug-likeness (QED) is 0.0424. The minimum atomic E-state index is -0.624. The monoisotopic (exact) mass is 1830 g/mol. The Bertz CT molecular complexity index is 6610. The topological polar surface area (TPSA) is 214 Å². The first kappa shape index (κ1) is 89.4. The van der Waals surface area contributed by atoms with Crippen molar-refractivity contribution in [3.05, 3.63) is 263 Å². The maximum atomic E-state index is 14.4. The summed E-state index contributed by atoms with van der Waals surface area (Å²) in [5, 5.41) is 16.8. The summed E-state index contributed by atoms with van der Waals surface area (Å²) in [7, 11) is 0. The van der Waals surface area contributed by atoms with Crippen LogP contribution < -0.4 is 21.3 Å². The molecule has 12 saturated carbocycles. The number of aromatic nitrogens is 12. The SMILES string of the molecule is Cc1ccc(-c2cc(NC3C4CCC(CC4)C3C)nc(-c3c[nH]c4c(F)cc(F)cc34)n2)cc1.Cc1ccc(-c2cc(N[C@@H]3C4CCC(CC4)[C@H]3C)nc(-c3c[nH]c4c(F)cc(F)cc34)n2)cc1.Cc1ccc(-c2cc(N[C@H]3C4CCC(CC4)[C@@H]3C)nc(-c3c[nH]c4c(F)cc(F)cc34)n2)cc1.Cc1cccc(-c2cc(NC3C4CCC(CC4)C3C)nc(-c3c[nH]c4c(F)cc(F)cc34)n2)c1. The molecule has 0 radical (unpaired) electrons. The van der Waals surface area contributed by atoms with Gasteiger partial charge in [-0.2, -0.15) is 0 Å². The number of H-pyrrole nitrogens is 4. The molecular weight excluding hydrogens is 1720 g/mol. The maximum Gasteiger partial charge on any atom is 0.164 e. The Hall–Kier alpha value is -13.1. The van der Waals surface area contributed by atoms with Crippen LogP contribution in [-0.4, -0.2) is 84.0 Å². The third-order valence-electron chi connectivity index (χ3n) is 31.8. The number of benzene rings is 8. The van der Waals surface area contributed by atoms with Crippen molar-refractivity contribution in [3.8, 4) is 90.6 Å². The van der Waals surface area contributed by atoms with Gasteiger partial charge in [-0.3, -0.25) is 0 Å². The van der Waals surface area contributed by atoms with Crippen LogP contribution in [0.2, 0.25) is 0 Å². The summed E-state index contributed by atoms with van der Waals surface area (Å²) in [6.45, 7) is 17.6. The van der Waals surface area contributed by atoms with E-state index in [9.17, 15) is 35.1 Å². The summed E-state index contributed by atoms with van der Waals surface area (Å²) in [5.74, 6) is 7.88. The number of halogens is 8. The molecule has 24 heteroatoms. The number of rotatable bonds is 16. The Morgan fingerprint density at radius 1 is 0.243 bits per heavy atom. The van der Waals surface area contributed by atoms with Gasteiger partial charge in [-0.15, -0.1) is 0 Å². The van der Waals surface area contributed by atoms with Crippen molar-refractivity contribution < 1.29 is 35.1 Å². The van der Waals surface area contributed by atoms with E-state index in [0.717, 1.165) is 122 Å². The van der Waals surface area contributed by atoms with Crippen LogP contribution in [0.1, 0.15) is 153 Å². The zero-order chi connectivity index (χ0) is 93.6. The van der Waals surface area contributed by atoms with Crippen molar-refractivity contribution >= 4 is 66.9 Å². The van der Waals surface area contributed by atoms with E-state index < -0.39 is 46.5 Å². The van der Waals surface area contributed by atoms with E-state index in [2.05, 4.69) is 145 Å².